The Morgan fingerprint density at radius 2 is 2.33 bits per heavy atom. The monoisotopic (exact) mass is 292 g/mol. The fourth-order valence-electron chi connectivity index (χ4n) is 3.11. The molecule has 0 radical (unpaired) electrons. The molecule has 8 heteroatoms. The summed E-state index contributed by atoms with van der Waals surface area (Å²) < 4.78 is 5.65. The Balaban J connectivity index is 1.94. The SMILES string of the molecule is Nc1cc(C(=O)N2CCOC3CCCC32)c([N+](=O)[O-])cn1. The molecule has 2 aliphatic rings. The van der Waals surface area contributed by atoms with Crippen LogP contribution in [0.2, 0.25) is 0 Å². The quantitative estimate of drug-likeness (QED) is 0.642. The smallest absolute Gasteiger partial charge is 0.300 e. The maximum Gasteiger partial charge on any atom is 0.300 e. The maximum absolute atomic E-state index is 12.7. The largest absolute Gasteiger partial charge is 0.384 e. The van der Waals surface area contributed by atoms with E-state index in [9.17, 15) is 14.9 Å². The van der Waals surface area contributed by atoms with E-state index in [0.717, 1.165) is 25.5 Å². The maximum atomic E-state index is 12.7. The summed E-state index contributed by atoms with van der Waals surface area (Å²) in [5, 5.41) is 11.1. The van der Waals surface area contributed by atoms with Crippen molar-refractivity contribution in [1.29, 1.82) is 0 Å². The number of nitrogen functional groups attached to an aromatic ring is 1. The third-order valence-electron chi connectivity index (χ3n) is 4.07. The second kappa shape index (κ2) is 5.28. The van der Waals surface area contributed by atoms with Crippen LogP contribution >= 0.6 is 0 Å². The molecule has 3 rings (SSSR count). The number of pyridine rings is 1. The molecule has 1 saturated heterocycles. The summed E-state index contributed by atoms with van der Waals surface area (Å²) in [6, 6.07) is 1.28. The highest BCUT2D eigenvalue weighted by molar-refractivity contribution is 5.99. The molecule has 2 atom stereocenters. The van der Waals surface area contributed by atoms with Crippen molar-refractivity contribution in [3.05, 3.63) is 27.9 Å². The number of carbonyl (C=O) groups excluding carboxylic acids is 1. The van der Waals surface area contributed by atoms with Gasteiger partial charge in [0.15, 0.2) is 0 Å². The number of nitrogens with two attached hydrogens (primary N) is 1. The van der Waals surface area contributed by atoms with Crippen LogP contribution < -0.4 is 5.73 Å². The zero-order chi connectivity index (χ0) is 15.0. The molecule has 0 spiro atoms. The fraction of sp³-hybridized carbons (Fsp3) is 0.538. The average molecular weight is 292 g/mol. The van der Waals surface area contributed by atoms with E-state index in [1.54, 1.807) is 4.90 Å². The number of anilines is 1. The minimum Gasteiger partial charge on any atom is -0.384 e. The number of amides is 1. The number of aromatic nitrogens is 1. The van der Waals surface area contributed by atoms with Crippen molar-refractivity contribution in [3.8, 4) is 0 Å². The van der Waals surface area contributed by atoms with E-state index in [1.807, 2.05) is 0 Å². The van der Waals surface area contributed by atoms with Gasteiger partial charge in [0.05, 0.1) is 23.7 Å². The number of nitro groups is 1. The molecular formula is C13H16N4O4. The topological polar surface area (TPSA) is 112 Å². The lowest BCUT2D eigenvalue weighted by Gasteiger charge is -2.37. The Bertz CT molecular complexity index is 592. The van der Waals surface area contributed by atoms with E-state index in [2.05, 4.69) is 4.98 Å². The van der Waals surface area contributed by atoms with E-state index in [4.69, 9.17) is 10.5 Å². The van der Waals surface area contributed by atoms with Crippen LogP contribution in [0.15, 0.2) is 12.3 Å². The summed E-state index contributed by atoms with van der Waals surface area (Å²) in [6.45, 7) is 0.903. The molecule has 2 unspecified atom stereocenters. The Hall–Kier alpha value is -2.22. The lowest BCUT2D eigenvalue weighted by molar-refractivity contribution is -0.385. The van der Waals surface area contributed by atoms with Gasteiger partial charge in [-0.3, -0.25) is 14.9 Å². The zero-order valence-corrected chi connectivity index (χ0v) is 11.4. The molecule has 2 heterocycles. The van der Waals surface area contributed by atoms with E-state index >= 15 is 0 Å². The summed E-state index contributed by atoms with van der Waals surface area (Å²) in [7, 11) is 0. The Kier molecular flexibility index (Phi) is 3.46. The van der Waals surface area contributed by atoms with Crippen LogP contribution in [-0.4, -0.2) is 46.0 Å². The molecule has 0 bridgehead atoms. The van der Waals surface area contributed by atoms with Gasteiger partial charge in [-0.15, -0.1) is 0 Å². The molecule has 112 valence electrons. The standard InChI is InChI=1S/C13H16N4O4/c14-12-6-8(10(7-15-12)17(19)20)13(18)16-4-5-21-11-3-1-2-9(11)16/h6-7,9,11H,1-5H2,(H2,14,15). The number of ether oxygens (including phenoxy) is 1. The summed E-state index contributed by atoms with van der Waals surface area (Å²) in [5.74, 6) is -0.267. The van der Waals surface area contributed by atoms with Gasteiger partial charge < -0.3 is 15.4 Å². The van der Waals surface area contributed by atoms with Gasteiger partial charge in [0.1, 0.15) is 17.6 Å². The van der Waals surface area contributed by atoms with Gasteiger partial charge in [-0.1, -0.05) is 0 Å². The van der Waals surface area contributed by atoms with Crippen LogP contribution in [0.1, 0.15) is 29.6 Å². The first-order valence-corrected chi connectivity index (χ1v) is 6.90. The van der Waals surface area contributed by atoms with Crippen molar-refractivity contribution in [2.75, 3.05) is 18.9 Å². The molecule has 0 aromatic carbocycles. The molecule has 21 heavy (non-hydrogen) atoms. The van der Waals surface area contributed by atoms with Gasteiger partial charge in [0, 0.05) is 6.54 Å². The number of carbonyl (C=O) groups is 1. The summed E-state index contributed by atoms with van der Waals surface area (Å²) >= 11 is 0. The number of morpholine rings is 1. The zero-order valence-electron chi connectivity index (χ0n) is 11.4. The molecule has 1 aromatic heterocycles. The van der Waals surface area contributed by atoms with Crippen LogP contribution in [0, 0.1) is 10.1 Å². The van der Waals surface area contributed by atoms with Gasteiger partial charge in [-0.2, -0.15) is 0 Å². The molecule has 1 aliphatic carbocycles. The second-order valence-electron chi connectivity index (χ2n) is 5.29. The predicted molar refractivity (Wildman–Crippen MR) is 73.7 cm³/mol. The summed E-state index contributed by atoms with van der Waals surface area (Å²) in [6.07, 6.45) is 3.87. The number of hydrogen-bond acceptors (Lipinski definition) is 6. The van der Waals surface area contributed by atoms with Crippen molar-refractivity contribution >= 4 is 17.4 Å². The van der Waals surface area contributed by atoms with Crippen molar-refractivity contribution in [2.45, 2.75) is 31.4 Å². The lowest BCUT2D eigenvalue weighted by Crippen LogP contribution is -2.51. The van der Waals surface area contributed by atoms with E-state index < -0.39 is 4.92 Å². The van der Waals surface area contributed by atoms with Crippen LogP contribution in [0.25, 0.3) is 0 Å². The van der Waals surface area contributed by atoms with Crippen LogP contribution in [0.3, 0.4) is 0 Å². The van der Waals surface area contributed by atoms with Gasteiger partial charge in [-0.05, 0) is 25.3 Å². The molecular weight excluding hydrogens is 276 g/mol. The molecule has 8 nitrogen and oxygen atoms in total. The van der Waals surface area contributed by atoms with E-state index in [1.165, 1.54) is 6.07 Å². The molecule has 1 aliphatic heterocycles. The molecule has 1 saturated carbocycles. The van der Waals surface area contributed by atoms with Crippen molar-refractivity contribution in [1.82, 2.24) is 9.88 Å². The summed E-state index contributed by atoms with van der Waals surface area (Å²) in [5.41, 5.74) is 5.26. The minimum absolute atomic E-state index is 0.0000463. The van der Waals surface area contributed by atoms with E-state index in [0.29, 0.717) is 13.2 Å². The average Bonchev–Trinajstić information content (AvgIpc) is 2.94. The normalized spacial score (nSPS) is 24.7. The Morgan fingerprint density at radius 3 is 3.10 bits per heavy atom. The second-order valence-corrected chi connectivity index (χ2v) is 5.29. The van der Waals surface area contributed by atoms with Gasteiger partial charge in [-0.25, -0.2) is 4.98 Å². The van der Waals surface area contributed by atoms with Crippen molar-refractivity contribution in [2.24, 2.45) is 0 Å². The highest BCUT2D eigenvalue weighted by atomic mass is 16.6. The van der Waals surface area contributed by atoms with Gasteiger partial charge >= 0.3 is 0 Å². The molecule has 2 N–H and O–H groups in total. The molecule has 1 amide bonds. The first-order chi connectivity index (χ1) is 10.1. The number of rotatable bonds is 2. The van der Waals surface area contributed by atoms with Crippen molar-refractivity contribution in [3.63, 3.8) is 0 Å². The number of fused-ring (bicyclic) bond motifs is 1. The molecule has 1 aromatic rings. The number of nitrogens with zero attached hydrogens (tertiary/aromatic N) is 3. The fourth-order valence-corrected chi connectivity index (χ4v) is 3.11. The van der Waals surface area contributed by atoms with Crippen molar-refractivity contribution < 1.29 is 14.5 Å². The lowest BCUT2D eigenvalue weighted by atomic mass is 10.1. The highest BCUT2D eigenvalue weighted by Gasteiger charge is 2.40. The Labute approximate surface area is 121 Å². The predicted octanol–water partition coefficient (Wildman–Crippen LogP) is 0.965. The van der Waals surface area contributed by atoms with Crippen LogP contribution in [0.5, 0.6) is 0 Å². The Morgan fingerprint density at radius 1 is 1.52 bits per heavy atom. The number of hydrogen-bond donors (Lipinski definition) is 1. The minimum atomic E-state index is -0.605. The van der Waals surface area contributed by atoms with Gasteiger partial charge in [0.2, 0.25) is 0 Å². The molecule has 2 fully saturated rings. The van der Waals surface area contributed by atoms with E-state index in [-0.39, 0.29) is 35.1 Å². The third-order valence-corrected chi connectivity index (χ3v) is 4.07. The van der Waals surface area contributed by atoms with Crippen LogP contribution in [-0.2, 0) is 4.74 Å². The van der Waals surface area contributed by atoms with Crippen LogP contribution in [0.4, 0.5) is 11.5 Å². The first kappa shape index (κ1) is 13.7. The summed E-state index contributed by atoms with van der Waals surface area (Å²) in [4.78, 5) is 28.6. The third kappa shape index (κ3) is 2.42. The first-order valence-electron chi connectivity index (χ1n) is 6.90. The van der Waals surface area contributed by atoms with Gasteiger partial charge in [0.25, 0.3) is 11.6 Å². The highest BCUT2D eigenvalue weighted by Crippen LogP contribution is 2.32.